The Labute approximate surface area is 162 Å². The zero-order chi connectivity index (χ0) is 18.4. The lowest BCUT2D eigenvalue weighted by Gasteiger charge is -2.17. The summed E-state index contributed by atoms with van der Waals surface area (Å²) in [6.07, 6.45) is 0. The highest BCUT2D eigenvalue weighted by molar-refractivity contribution is 7.80. The molecule has 0 unspecified atom stereocenters. The summed E-state index contributed by atoms with van der Waals surface area (Å²) in [7, 11) is 0. The molecule has 0 amide bonds. The van der Waals surface area contributed by atoms with Crippen LogP contribution in [0.15, 0.2) is 66.7 Å². The van der Waals surface area contributed by atoms with Crippen LogP contribution in [0.1, 0.15) is 18.5 Å². The monoisotopic (exact) mass is 384 g/mol. The predicted molar refractivity (Wildman–Crippen MR) is 108 cm³/mol. The third-order valence-electron chi connectivity index (χ3n) is 3.51. The van der Waals surface area contributed by atoms with Crippen molar-refractivity contribution in [3.63, 3.8) is 0 Å². The van der Waals surface area contributed by atoms with Crippen LogP contribution in [-0.2, 0) is 0 Å². The molecule has 7 heteroatoms. The number of aromatic nitrogens is 2. The van der Waals surface area contributed by atoms with Crippen molar-refractivity contribution in [2.75, 3.05) is 5.32 Å². The summed E-state index contributed by atoms with van der Waals surface area (Å²) in [5.41, 5.74) is 1.12. The van der Waals surface area contributed by atoms with Gasteiger partial charge in [-0.1, -0.05) is 60.1 Å². The Kier molecular flexibility index (Phi) is 5.99. The molecule has 1 atom stereocenters. The second-order valence-electron chi connectivity index (χ2n) is 5.50. The summed E-state index contributed by atoms with van der Waals surface area (Å²) in [5.74, 6) is 1.26. The number of rotatable bonds is 5. The van der Waals surface area contributed by atoms with Crippen LogP contribution < -0.4 is 15.4 Å². The molecule has 0 radical (unpaired) electrons. The second kappa shape index (κ2) is 8.60. The molecule has 0 saturated heterocycles. The molecule has 26 heavy (non-hydrogen) atoms. The maximum absolute atomic E-state index is 6.07. The molecule has 0 aliphatic heterocycles. The SMILES string of the molecule is C[C@@H](NC(=S)Nc1nc(Cl)cc(Oc2ccccc2)n1)c1ccccc1. The summed E-state index contributed by atoms with van der Waals surface area (Å²) in [5, 5.41) is 6.79. The van der Waals surface area contributed by atoms with Crippen molar-refractivity contribution in [3.8, 4) is 11.6 Å². The molecule has 0 saturated carbocycles. The number of nitrogens with one attached hydrogen (secondary N) is 2. The van der Waals surface area contributed by atoms with E-state index in [1.807, 2.05) is 67.6 Å². The largest absolute Gasteiger partial charge is 0.439 e. The maximum atomic E-state index is 6.07. The number of ether oxygens (including phenoxy) is 1. The quantitative estimate of drug-likeness (QED) is 0.478. The molecule has 5 nitrogen and oxygen atoms in total. The van der Waals surface area contributed by atoms with Crippen LogP contribution >= 0.6 is 23.8 Å². The van der Waals surface area contributed by atoms with Crippen LogP contribution in [0.3, 0.4) is 0 Å². The lowest BCUT2D eigenvalue weighted by molar-refractivity contribution is 0.462. The number of halogens is 1. The Balaban J connectivity index is 1.66. The molecule has 3 aromatic rings. The maximum Gasteiger partial charge on any atom is 0.233 e. The average Bonchev–Trinajstić information content (AvgIpc) is 2.62. The van der Waals surface area contributed by atoms with Crippen molar-refractivity contribution in [1.29, 1.82) is 0 Å². The molecule has 132 valence electrons. The summed E-state index contributed by atoms with van der Waals surface area (Å²) in [4.78, 5) is 8.42. The van der Waals surface area contributed by atoms with Crippen molar-refractivity contribution < 1.29 is 4.74 Å². The fourth-order valence-electron chi connectivity index (χ4n) is 2.27. The first-order chi connectivity index (χ1) is 12.6. The topological polar surface area (TPSA) is 59.1 Å². The highest BCUT2D eigenvalue weighted by atomic mass is 35.5. The lowest BCUT2D eigenvalue weighted by Crippen LogP contribution is -2.31. The Bertz CT molecular complexity index is 877. The number of hydrogen-bond donors (Lipinski definition) is 2. The van der Waals surface area contributed by atoms with E-state index >= 15 is 0 Å². The summed E-state index contributed by atoms with van der Waals surface area (Å²) < 4.78 is 5.69. The van der Waals surface area contributed by atoms with Crippen LogP contribution in [0.5, 0.6) is 11.6 Å². The molecular formula is C19H17ClN4OS. The summed E-state index contributed by atoms with van der Waals surface area (Å²) in [6.45, 7) is 2.02. The van der Waals surface area contributed by atoms with Crippen LogP contribution in [0.4, 0.5) is 5.95 Å². The van der Waals surface area contributed by atoms with Crippen molar-refractivity contribution in [1.82, 2.24) is 15.3 Å². The van der Waals surface area contributed by atoms with Gasteiger partial charge in [0.25, 0.3) is 0 Å². The smallest absolute Gasteiger partial charge is 0.233 e. The van der Waals surface area contributed by atoms with E-state index in [2.05, 4.69) is 20.6 Å². The number of anilines is 1. The van der Waals surface area contributed by atoms with Crippen molar-refractivity contribution in [2.24, 2.45) is 0 Å². The van der Waals surface area contributed by atoms with Crippen LogP contribution in [0, 0.1) is 0 Å². The fraction of sp³-hybridized carbons (Fsp3) is 0.105. The van der Waals surface area contributed by atoms with Gasteiger partial charge in [0.1, 0.15) is 10.9 Å². The molecular weight excluding hydrogens is 368 g/mol. The number of thiocarbonyl (C=S) groups is 1. The Morgan fingerprint density at radius 3 is 2.38 bits per heavy atom. The van der Waals surface area contributed by atoms with E-state index in [-0.39, 0.29) is 17.1 Å². The predicted octanol–water partition coefficient (Wildman–Crippen LogP) is 4.97. The molecule has 2 N–H and O–H groups in total. The summed E-state index contributed by atoms with van der Waals surface area (Å²) >= 11 is 11.4. The van der Waals surface area contributed by atoms with E-state index in [4.69, 9.17) is 28.6 Å². The standard InChI is InChI=1S/C19H17ClN4OS/c1-13(14-8-4-2-5-9-14)21-19(26)24-18-22-16(20)12-17(23-18)25-15-10-6-3-7-11-15/h2-13H,1H3,(H2,21,22,23,24,26)/t13-/m1/s1. The third kappa shape index (κ3) is 5.15. The molecule has 1 aromatic heterocycles. The van der Waals surface area contributed by atoms with Crippen molar-refractivity contribution in [3.05, 3.63) is 77.4 Å². The van der Waals surface area contributed by atoms with Gasteiger partial charge in [-0.15, -0.1) is 0 Å². The van der Waals surface area contributed by atoms with E-state index in [0.29, 0.717) is 16.7 Å². The minimum atomic E-state index is 0.0374. The molecule has 0 bridgehead atoms. The van der Waals surface area contributed by atoms with E-state index in [9.17, 15) is 0 Å². The molecule has 2 aromatic carbocycles. The van der Waals surface area contributed by atoms with Crippen molar-refractivity contribution in [2.45, 2.75) is 13.0 Å². The molecule has 3 rings (SSSR count). The van der Waals surface area contributed by atoms with Gasteiger partial charge in [-0.05, 0) is 36.8 Å². The number of para-hydroxylation sites is 1. The normalized spacial score (nSPS) is 11.5. The Morgan fingerprint density at radius 1 is 1.04 bits per heavy atom. The number of benzene rings is 2. The average molecular weight is 385 g/mol. The van der Waals surface area contributed by atoms with E-state index in [1.165, 1.54) is 0 Å². The Morgan fingerprint density at radius 2 is 1.69 bits per heavy atom. The van der Waals surface area contributed by atoms with E-state index in [1.54, 1.807) is 6.07 Å². The van der Waals surface area contributed by atoms with Crippen LogP contribution in [0.2, 0.25) is 5.15 Å². The zero-order valence-electron chi connectivity index (χ0n) is 14.0. The number of nitrogens with zero attached hydrogens (tertiary/aromatic N) is 2. The molecule has 0 fully saturated rings. The van der Waals surface area contributed by atoms with Gasteiger partial charge < -0.3 is 15.4 Å². The molecule has 1 heterocycles. The van der Waals surface area contributed by atoms with Crippen LogP contribution in [-0.4, -0.2) is 15.1 Å². The van der Waals surface area contributed by atoms with Gasteiger partial charge in [0.05, 0.1) is 6.04 Å². The highest BCUT2D eigenvalue weighted by Gasteiger charge is 2.10. The van der Waals surface area contributed by atoms with E-state index < -0.39 is 0 Å². The third-order valence-corrected chi connectivity index (χ3v) is 3.92. The van der Waals surface area contributed by atoms with Gasteiger partial charge in [0, 0.05) is 6.07 Å². The van der Waals surface area contributed by atoms with E-state index in [0.717, 1.165) is 5.56 Å². The first kappa shape index (κ1) is 18.1. The van der Waals surface area contributed by atoms with Crippen LogP contribution in [0.25, 0.3) is 0 Å². The second-order valence-corrected chi connectivity index (χ2v) is 6.29. The minimum Gasteiger partial charge on any atom is -0.439 e. The van der Waals surface area contributed by atoms with Gasteiger partial charge in [-0.25, -0.2) is 4.98 Å². The van der Waals surface area contributed by atoms with Crippen molar-refractivity contribution >= 4 is 34.9 Å². The molecule has 0 spiro atoms. The van der Waals surface area contributed by atoms with Gasteiger partial charge >= 0.3 is 0 Å². The first-order valence-corrected chi connectivity index (χ1v) is 8.79. The Hall–Kier alpha value is -2.70. The lowest BCUT2D eigenvalue weighted by atomic mass is 10.1. The fourth-order valence-corrected chi connectivity index (χ4v) is 2.72. The zero-order valence-corrected chi connectivity index (χ0v) is 15.6. The number of hydrogen-bond acceptors (Lipinski definition) is 4. The summed E-state index contributed by atoms with van der Waals surface area (Å²) in [6, 6.07) is 20.9. The van der Waals surface area contributed by atoms with Gasteiger partial charge in [-0.3, -0.25) is 0 Å². The van der Waals surface area contributed by atoms with Gasteiger partial charge in [0.15, 0.2) is 5.11 Å². The molecule has 0 aliphatic rings. The molecule has 0 aliphatic carbocycles. The highest BCUT2D eigenvalue weighted by Crippen LogP contribution is 2.22. The van der Waals surface area contributed by atoms with Gasteiger partial charge in [-0.2, -0.15) is 4.98 Å². The minimum absolute atomic E-state index is 0.0374. The van der Waals surface area contributed by atoms with Gasteiger partial charge in [0.2, 0.25) is 11.8 Å². The first-order valence-electron chi connectivity index (χ1n) is 8.00.